The first-order chi connectivity index (χ1) is 14.6. The van der Waals surface area contributed by atoms with Gasteiger partial charge in [-0.2, -0.15) is 5.10 Å². The second-order valence-electron chi connectivity index (χ2n) is 7.92. The highest BCUT2D eigenvalue weighted by Crippen LogP contribution is 2.32. The molecule has 5 rings (SSSR count). The summed E-state index contributed by atoms with van der Waals surface area (Å²) in [6, 6.07) is 12.3. The number of aromatic hydroxyl groups is 1. The van der Waals surface area contributed by atoms with Gasteiger partial charge in [-0.3, -0.25) is 5.10 Å². The van der Waals surface area contributed by atoms with E-state index < -0.39 is 0 Å². The maximum Gasteiger partial charge on any atom is 0.159 e. The van der Waals surface area contributed by atoms with Crippen molar-refractivity contribution >= 4 is 16.5 Å². The third-order valence-corrected chi connectivity index (χ3v) is 5.85. The Morgan fingerprint density at radius 3 is 2.87 bits per heavy atom. The molecular formula is C24H25N5O. The number of hydrogen-bond donors (Lipinski definition) is 4. The first-order valence-electron chi connectivity index (χ1n) is 10.4. The summed E-state index contributed by atoms with van der Waals surface area (Å²) in [6.07, 6.45) is 6.04. The van der Waals surface area contributed by atoms with Gasteiger partial charge in [-0.1, -0.05) is 25.1 Å². The van der Waals surface area contributed by atoms with Gasteiger partial charge in [0.15, 0.2) is 5.82 Å². The van der Waals surface area contributed by atoms with Crippen LogP contribution in [0.15, 0.2) is 48.7 Å². The van der Waals surface area contributed by atoms with Crippen LogP contribution < -0.4 is 5.32 Å². The van der Waals surface area contributed by atoms with Crippen LogP contribution >= 0.6 is 0 Å². The van der Waals surface area contributed by atoms with E-state index in [0.29, 0.717) is 11.8 Å². The van der Waals surface area contributed by atoms with Gasteiger partial charge in [0.1, 0.15) is 11.4 Å². The fourth-order valence-electron chi connectivity index (χ4n) is 4.09. The Hall–Kier alpha value is -3.38. The van der Waals surface area contributed by atoms with Crippen LogP contribution in [-0.2, 0) is 6.42 Å². The minimum Gasteiger partial charge on any atom is -0.508 e. The molecule has 0 amide bonds. The van der Waals surface area contributed by atoms with E-state index in [9.17, 15) is 5.11 Å². The molecule has 0 fully saturated rings. The van der Waals surface area contributed by atoms with Crippen LogP contribution in [0.25, 0.3) is 39.1 Å². The topological polar surface area (TPSA) is 89.6 Å². The van der Waals surface area contributed by atoms with E-state index >= 15 is 0 Å². The maximum absolute atomic E-state index is 9.79. The number of aryl methyl sites for hydroxylation is 1. The van der Waals surface area contributed by atoms with Crippen LogP contribution in [0, 0.1) is 0 Å². The summed E-state index contributed by atoms with van der Waals surface area (Å²) in [7, 11) is 0. The van der Waals surface area contributed by atoms with Gasteiger partial charge >= 0.3 is 0 Å². The summed E-state index contributed by atoms with van der Waals surface area (Å²) in [5.74, 6) is 1.06. The van der Waals surface area contributed by atoms with Crippen molar-refractivity contribution in [3.8, 4) is 28.4 Å². The lowest BCUT2D eigenvalue weighted by molar-refractivity contribution is 0.474. The molecule has 6 nitrogen and oxygen atoms in total. The number of H-pyrrole nitrogens is 2. The number of rotatable bonds is 4. The van der Waals surface area contributed by atoms with Crippen LogP contribution in [0.3, 0.4) is 0 Å². The average Bonchev–Trinajstić information content (AvgIpc) is 3.40. The predicted molar refractivity (Wildman–Crippen MR) is 120 cm³/mol. The molecule has 2 aromatic heterocycles. The molecule has 1 atom stereocenters. The van der Waals surface area contributed by atoms with Gasteiger partial charge < -0.3 is 15.4 Å². The highest BCUT2D eigenvalue weighted by molar-refractivity contribution is 5.94. The van der Waals surface area contributed by atoms with Crippen LogP contribution in [0.5, 0.6) is 5.75 Å². The van der Waals surface area contributed by atoms with E-state index in [1.54, 1.807) is 6.07 Å². The second kappa shape index (κ2) is 7.46. The molecule has 4 aromatic rings. The lowest BCUT2D eigenvalue weighted by atomic mass is 9.97. The number of fused-ring (bicyclic) bond motifs is 1. The van der Waals surface area contributed by atoms with Crippen LogP contribution in [-0.4, -0.2) is 37.9 Å². The molecule has 0 spiro atoms. The van der Waals surface area contributed by atoms with Crippen LogP contribution in [0.1, 0.15) is 31.5 Å². The molecule has 0 saturated carbocycles. The van der Waals surface area contributed by atoms with Crippen molar-refractivity contribution in [1.29, 1.82) is 0 Å². The largest absolute Gasteiger partial charge is 0.508 e. The summed E-state index contributed by atoms with van der Waals surface area (Å²) in [5, 5.41) is 22.0. The zero-order valence-corrected chi connectivity index (χ0v) is 17.2. The summed E-state index contributed by atoms with van der Waals surface area (Å²) in [6.45, 7) is 5.13. The van der Waals surface area contributed by atoms with Crippen molar-refractivity contribution in [2.24, 2.45) is 0 Å². The minimum atomic E-state index is 0.298. The van der Waals surface area contributed by atoms with E-state index in [-0.39, 0.29) is 0 Å². The van der Waals surface area contributed by atoms with Gasteiger partial charge in [-0.15, -0.1) is 0 Å². The normalized spacial score (nSPS) is 16.7. The van der Waals surface area contributed by atoms with E-state index in [2.05, 4.69) is 63.6 Å². The molecule has 0 saturated heterocycles. The minimum absolute atomic E-state index is 0.298. The summed E-state index contributed by atoms with van der Waals surface area (Å²) < 4.78 is 0. The fraction of sp³-hybridized carbons (Fsp3) is 0.250. The summed E-state index contributed by atoms with van der Waals surface area (Å²) in [5.41, 5.74) is 7.41. The maximum atomic E-state index is 9.79. The number of nitrogens with one attached hydrogen (secondary N) is 3. The van der Waals surface area contributed by atoms with Gasteiger partial charge in [-0.05, 0) is 66.3 Å². The molecule has 0 bridgehead atoms. The van der Waals surface area contributed by atoms with Gasteiger partial charge in [0.25, 0.3) is 0 Å². The number of hydrogen-bond acceptors (Lipinski definition) is 4. The molecule has 4 N–H and O–H groups in total. The number of aromatic amines is 2. The van der Waals surface area contributed by atoms with E-state index in [1.807, 2.05) is 18.3 Å². The molecule has 0 radical (unpaired) electrons. The van der Waals surface area contributed by atoms with E-state index in [0.717, 1.165) is 64.2 Å². The molecule has 0 aliphatic carbocycles. The highest BCUT2D eigenvalue weighted by Gasteiger charge is 2.16. The number of nitrogens with zero attached hydrogens (tertiary/aromatic N) is 2. The van der Waals surface area contributed by atoms with Gasteiger partial charge in [0.05, 0.1) is 17.4 Å². The SMILES string of the molecule is CCc1cc(O)ccc1-c1ccc2c(-c3ncc(C4=CC[C@@H](C)NC4)[nH]3)n[nH]c2c1. The Kier molecular flexibility index (Phi) is 4.64. The number of aromatic nitrogens is 4. The number of benzene rings is 2. The van der Waals surface area contributed by atoms with Gasteiger partial charge in [0.2, 0.25) is 0 Å². The zero-order chi connectivity index (χ0) is 20.7. The Labute approximate surface area is 175 Å². The zero-order valence-electron chi connectivity index (χ0n) is 17.2. The molecule has 152 valence electrons. The Morgan fingerprint density at radius 1 is 1.17 bits per heavy atom. The lowest BCUT2D eigenvalue weighted by Crippen LogP contribution is -2.30. The smallest absolute Gasteiger partial charge is 0.159 e. The monoisotopic (exact) mass is 399 g/mol. The molecule has 0 unspecified atom stereocenters. The average molecular weight is 399 g/mol. The quantitative estimate of drug-likeness (QED) is 0.402. The van der Waals surface area contributed by atoms with Crippen molar-refractivity contribution in [1.82, 2.24) is 25.5 Å². The van der Waals surface area contributed by atoms with E-state index in [1.165, 1.54) is 5.57 Å². The number of imidazole rings is 1. The first kappa shape index (κ1) is 18.6. The van der Waals surface area contributed by atoms with Gasteiger partial charge in [0, 0.05) is 18.0 Å². The van der Waals surface area contributed by atoms with Crippen molar-refractivity contribution in [2.45, 2.75) is 32.7 Å². The lowest BCUT2D eigenvalue weighted by Gasteiger charge is -2.19. The van der Waals surface area contributed by atoms with Gasteiger partial charge in [-0.25, -0.2) is 4.98 Å². The fourth-order valence-corrected chi connectivity index (χ4v) is 4.09. The third-order valence-electron chi connectivity index (χ3n) is 5.85. The third kappa shape index (κ3) is 3.29. The molecule has 3 heterocycles. The predicted octanol–water partition coefficient (Wildman–Crippen LogP) is 4.65. The molecule has 6 heteroatoms. The second-order valence-corrected chi connectivity index (χ2v) is 7.92. The first-order valence-corrected chi connectivity index (χ1v) is 10.4. The Bertz CT molecular complexity index is 1250. The van der Waals surface area contributed by atoms with Crippen molar-refractivity contribution < 1.29 is 5.11 Å². The highest BCUT2D eigenvalue weighted by atomic mass is 16.3. The van der Waals surface area contributed by atoms with Crippen molar-refractivity contribution in [2.75, 3.05) is 6.54 Å². The molecular weight excluding hydrogens is 374 g/mol. The number of phenolic OH excluding ortho intramolecular Hbond substituents is 1. The van der Waals surface area contributed by atoms with Crippen LogP contribution in [0.4, 0.5) is 0 Å². The Morgan fingerprint density at radius 2 is 2.07 bits per heavy atom. The van der Waals surface area contributed by atoms with Crippen molar-refractivity contribution in [3.05, 3.63) is 59.9 Å². The summed E-state index contributed by atoms with van der Waals surface area (Å²) >= 11 is 0. The molecule has 30 heavy (non-hydrogen) atoms. The number of phenols is 1. The standard InChI is InChI=1S/C24H25N5O/c1-3-15-10-18(30)7-9-19(15)16-6-8-20-21(11-16)28-29-23(20)24-26-13-22(27-24)17-5-4-14(2)25-12-17/h5-11,13-14,25,30H,3-4,12H2,1-2H3,(H,26,27)(H,28,29)/t14-/m1/s1. The van der Waals surface area contributed by atoms with E-state index in [4.69, 9.17) is 0 Å². The van der Waals surface area contributed by atoms with Crippen LogP contribution in [0.2, 0.25) is 0 Å². The molecule has 2 aromatic carbocycles. The molecule has 1 aliphatic rings. The Balaban J connectivity index is 1.50. The summed E-state index contributed by atoms with van der Waals surface area (Å²) in [4.78, 5) is 8.02. The van der Waals surface area contributed by atoms with Crippen molar-refractivity contribution in [3.63, 3.8) is 0 Å². The molecule has 1 aliphatic heterocycles.